The van der Waals surface area contributed by atoms with Crippen molar-refractivity contribution in [2.24, 2.45) is 0 Å². The van der Waals surface area contributed by atoms with Gasteiger partial charge < -0.3 is 10.2 Å². The summed E-state index contributed by atoms with van der Waals surface area (Å²) in [4.78, 5) is 0. The lowest BCUT2D eigenvalue weighted by Crippen LogP contribution is -1.81. The molecule has 0 aromatic rings. The molecule has 0 aliphatic carbocycles. The Morgan fingerprint density at radius 2 is 0.812 bits per heavy atom. The monoisotopic (exact) mass is 232 g/mol. The van der Waals surface area contributed by atoms with Crippen LogP contribution in [0.25, 0.3) is 0 Å². The minimum Gasteiger partial charge on any atom is -0.396 e. The summed E-state index contributed by atoms with van der Waals surface area (Å²) in [5, 5.41) is 16.7. The predicted molar refractivity (Wildman–Crippen MR) is 71.7 cm³/mol. The summed E-state index contributed by atoms with van der Waals surface area (Å²) in [5.41, 5.74) is 0. The molecular formula is C14H32O2. The maximum Gasteiger partial charge on any atom is 0.0431 e. The molecule has 0 amide bonds. The highest BCUT2D eigenvalue weighted by Gasteiger charge is 1.84. The molecule has 0 spiro atoms. The van der Waals surface area contributed by atoms with E-state index in [0.29, 0.717) is 13.2 Å². The fourth-order valence-corrected chi connectivity index (χ4v) is 1.43. The van der Waals surface area contributed by atoms with Crippen LogP contribution in [0, 0.1) is 0 Å². The lowest BCUT2D eigenvalue weighted by atomic mass is 10.2. The second-order valence-corrected chi connectivity index (χ2v) is 4.28. The van der Waals surface area contributed by atoms with Crippen molar-refractivity contribution in [2.45, 2.75) is 78.1 Å². The summed E-state index contributed by atoms with van der Waals surface area (Å²) in [6.45, 7) is 5.12. The number of hydrogen-bond donors (Lipinski definition) is 2. The Morgan fingerprint density at radius 3 is 1.06 bits per heavy atom. The van der Waals surface area contributed by atoms with E-state index in [1.54, 1.807) is 0 Å². The molecule has 2 heteroatoms. The number of unbranched alkanes of at least 4 members (excludes halogenated alkanes) is 8. The largest absolute Gasteiger partial charge is 0.396 e. The van der Waals surface area contributed by atoms with Gasteiger partial charge in [-0.15, -0.1) is 0 Å². The van der Waals surface area contributed by atoms with Crippen molar-refractivity contribution >= 4 is 0 Å². The second-order valence-electron chi connectivity index (χ2n) is 4.28. The number of hydrogen-bond acceptors (Lipinski definition) is 2. The molecule has 0 fully saturated rings. The molecule has 0 bridgehead atoms. The van der Waals surface area contributed by atoms with Gasteiger partial charge >= 0.3 is 0 Å². The fourth-order valence-electron chi connectivity index (χ4n) is 1.43. The SMILES string of the molecule is CCCCCCCO.CCCCCCCO. The van der Waals surface area contributed by atoms with E-state index in [9.17, 15) is 0 Å². The van der Waals surface area contributed by atoms with E-state index in [4.69, 9.17) is 10.2 Å². The van der Waals surface area contributed by atoms with Gasteiger partial charge in [-0.1, -0.05) is 65.2 Å². The summed E-state index contributed by atoms with van der Waals surface area (Å²) in [6.07, 6.45) is 12.2. The van der Waals surface area contributed by atoms with Gasteiger partial charge in [0.15, 0.2) is 0 Å². The highest BCUT2D eigenvalue weighted by atomic mass is 16.3. The van der Waals surface area contributed by atoms with Gasteiger partial charge in [0.2, 0.25) is 0 Å². The van der Waals surface area contributed by atoms with E-state index in [-0.39, 0.29) is 0 Å². The molecule has 0 unspecified atom stereocenters. The van der Waals surface area contributed by atoms with Gasteiger partial charge in [-0.05, 0) is 12.8 Å². The number of aliphatic hydroxyl groups is 2. The third-order valence-electron chi connectivity index (χ3n) is 2.52. The molecule has 0 atom stereocenters. The second kappa shape index (κ2) is 20.3. The van der Waals surface area contributed by atoms with Crippen LogP contribution in [0.2, 0.25) is 0 Å². The first-order valence-electron chi connectivity index (χ1n) is 7.05. The maximum atomic E-state index is 8.37. The van der Waals surface area contributed by atoms with Crippen molar-refractivity contribution in [2.75, 3.05) is 13.2 Å². The van der Waals surface area contributed by atoms with Crippen molar-refractivity contribution in [3.63, 3.8) is 0 Å². The molecule has 16 heavy (non-hydrogen) atoms. The molecule has 100 valence electrons. The van der Waals surface area contributed by atoms with Gasteiger partial charge in [0.05, 0.1) is 0 Å². The molecule has 0 aromatic carbocycles. The van der Waals surface area contributed by atoms with E-state index in [1.807, 2.05) is 0 Å². The quantitative estimate of drug-likeness (QED) is 0.561. The maximum absolute atomic E-state index is 8.37. The minimum absolute atomic E-state index is 0.365. The minimum atomic E-state index is 0.365. The Hall–Kier alpha value is -0.0800. The Labute approximate surface area is 102 Å². The molecule has 0 aliphatic rings. The summed E-state index contributed by atoms with van der Waals surface area (Å²) < 4.78 is 0. The van der Waals surface area contributed by atoms with Crippen LogP contribution in [-0.4, -0.2) is 23.4 Å². The van der Waals surface area contributed by atoms with Crippen molar-refractivity contribution in [1.82, 2.24) is 0 Å². The molecule has 2 N–H and O–H groups in total. The molecule has 0 aromatic heterocycles. The van der Waals surface area contributed by atoms with Crippen LogP contribution in [0.5, 0.6) is 0 Å². The molecule has 0 radical (unpaired) electrons. The molecule has 2 nitrogen and oxygen atoms in total. The predicted octanol–water partition coefficient (Wildman–Crippen LogP) is 3.90. The normalized spacial score (nSPS) is 9.75. The zero-order valence-electron chi connectivity index (χ0n) is 11.4. The third-order valence-corrected chi connectivity index (χ3v) is 2.52. The van der Waals surface area contributed by atoms with E-state index >= 15 is 0 Å². The lowest BCUT2D eigenvalue weighted by molar-refractivity contribution is 0.282. The first-order valence-corrected chi connectivity index (χ1v) is 7.05. The first-order chi connectivity index (χ1) is 7.83. The zero-order valence-corrected chi connectivity index (χ0v) is 11.4. The molecule has 0 aliphatic heterocycles. The van der Waals surface area contributed by atoms with Gasteiger partial charge in [-0.3, -0.25) is 0 Å². The standard InChI is InChI=1S/2C7H16O/c2*1-2-3-4-5-6-7-8/h2*8H,2-7H2,1H3. The molecule has 0 heterocycles. The highest BCUT2D eigenvalue weighted by Crippen LogP contribution is 2.01. The van der Waals surface area contributed by atoms with Crippen LogP contribution in [0.4, 0.5) is 0 Å². The Kier molecular flexibility index (Phi) is 23.3. The van der Waals surface area contributed by atoms with Crippen LogP contribution >= 0.6 is 0 Å². The van der Waals surface area contributed by atoms with Gasteiger partial charge in [-0.25, -0.2) is 0 Å². The zero-order chi connectivity index (χ0) is 12.5. The van der Waals surface area contributed by atoms with Crippen LogP contribution in [-0.2, 0) is 0 Å². The van der Waals surface area contributed by atoms with Crippen LogP contribution in [0.3, 0.4) is 0 Å². The van der Waals surface area contributed by atoms with Gasteiger partial charge in [0.1, 0.15) is 0 Å². The van der Waals surface area contributed by atoms with Crippen molar-refractivity contribution < 1.29 is 10.2 Å². The molecular weight excluding hydrogens is 200 g/mol. The van der Waals surface area contributed by atoms with Crippen LogP contribution in [0.15, 0.2) is 0 Å². The Balaban J connectivity index is 0. The average Bonchev–Trinajstić information content (AvgIpc) is 2.31. The average molecular weight is 232 g/mol. The summed E-state index contributed by atoms with van der Waals surface area (Å²) in [7, 11) is 0. The van der Waals surface area contributed by atoms with E-state index in [0.717, 1.165) is 12.8 Å². The number of rotatable bonds is 10. The van der Waals surface area contributed by atoms with Gasteiger partial charge in [0.25, 0.3) is 0 Å². The van der Waals surface area contributed by atoms with Crippen molar-refractivity contribution in [1.29, 1.82) is 0 Å². The van der Waals surface area contributed by atoms with Gasteiger partial charge in [0, 0.05) is 13.2 Å². The van der Waals surface area contributed by atoms with E-state index < -0.39 is 0 Å². The smallest absolute Gasteiger partial charge is 0.0431 e. The van der Waals surface area contributed by atoms with Crippen molar-refractivity contribution in [3.8, 4) is 0 Å². The molecule has 0 saturated carbocycles. The summed E-state index contributed by atoms with van der Waals surface area (Å²) >= 11 is 0. The number of aliphatic hydroxyl groups excluding tert-OH is 2. The van der Waals surface area contributed by atoms with Gasteiger partial charge in [-0.2, -0.15) is 0 Å². The fraction of sp³-hybridized carbons (Fsp3) is 1.00. The summed E-state index contributed by atoms with van der Waals surface area (Å²) in [6, 6.07) is 0. The third kappa shape index (κ3) is 23.6. The van der Waals surface area contributed by atoms with E-state index in [1.165, 1.54) is 51.4 Å². The lowest BCUT2D eigenvalue weighted by Gasteiger charge is -1.93. The Bertz CT molecular complexity index is 70.7. The first kappa shape index (κ1) is 18.3. The van der Waals surface area contributed by atoms with Crippen LogP contribution < -0.4 is 0 Å². The molecule has 0 saturated heterocycles. The highest BCUT2D eigenvalue weighted by molar-refractivity contribution is 4.39. The summed E-state index contributed by atoms with van der Waals surface area (Å²) in [5.74, 6) is 0. The topological polar surface area (TPSA) is 40.5 Å². The molecule has 0 rings (SSSR count). The van der Waals surface area contributed by atoms with Crippen LogP contribution in [0.1, 0.15) is 78.1 Å². The Morgan fingerprint density at radius 1 is 0.500 bits per heavy atom. The van der Waals surface area contributed by atoms with Crippen molar-refractivity contribution in [3.05, 3.63) is 0 Å². The van der Waals surface area contributed by atoms with E-state index in [2.05, 4.69) is 13.8 Å².